The number of esters is 1. The van der Waals surface area contributed by atoms with E-state index in [1.165, 1.54) is 0 Å². The number of carbonyl (C=O) groups excluding carboxylic acids is 2. The van der Waals surface area contributed by atoms with Gasteiger partial charge in [-0.2, -0.15) is 0 Å². The molecular weight excluding hydrogens is 342 g/mol. The topological polar surface area (TPSA) is 64.6 Å². The molecule has 2 aromatic rings. The van der Waals surface area contributed by atoms with Crippen LogP contribution in [0.15, 0.2) is 42.5 Å². The van der Waals surface area contributed by atoms with Gasteiger partial charge in [0.2, 0.25) is 0 Å². The van der Waals surface area contributed by atoms with Crippen LogP contribution in [0, 0.1) is 13.8 Å². The minimum absolute atomic E-state index is 0.0623. The zero-order valence-electron chi connectivity index (χ0n) is 14.2. The number of para-hydroxylation sites is 1. The lowest BCUT2D eigenvalue weighted by atomic mass is 10.1. The van der Waals surface area contributed by atoms with Crippen molar-refractivity contribution in [1.29, 1.82) is 0 Å². The number of carbonyl (C=O) groups is 2. The van der Waals surface area contributed by atoms with Crippen molar-refractivity contribution < 1.29 is 19.1 Å². The average Bonchev–Trinajstić information content (AvgIpc) is 2.58. The molecule has 0 aliphatic rings. The number of hydrogen-bond acceptors (Lipinski definition) is 4. The molecule has 2 rings (SSSR count). The van der Waals surface area contributed by atoms with Crippen molar-refractivity contribution in [2.45, 2.75) is 20.3 Å². The highest BCUT2D eigenvalue weighted by molar-refractivity contribution is 6.33. The molecule has 0 aromatic heterocycles. The van der Waals surface area contributed by atoms with Gasteiger partial charge >= 0.3 is 5.97 Å². The molecular formula is C19H20ClNO4. The highest BCUT2D eigenvalue weighted by atomic mass is 35.5. The molecule has 6 heteroatoms. The maximum Gasteiger partial charge on any atom is 0.309 e. The third-order valence-corrected chi connectivity index (χ3v) is 3.75. The Balaban J connectivity index is 1.71. The van der Waals surface area contributed by atoms with Gasteiger partial charge in [0.1, 0.15) is 5.75 Å². The van der Waals surface area contributed by atoms with Gasteiger partial charge in [-0.15, -0.1) is 0 Å². The summed E-state index contributed by atoms with van der Waals surface area (Å²) in [6.07, 6.45) is 0.0623. The van der Waals surface area contributed by atoms with Crippen molar-refractivity contribution in [3.05, 3.63) is 58.6 Å². The minimum Gasteiger partial charge on any atom is -0.493 e. The lowest BCUT2D eigenvalue weighted by Crippen LogP contribution is -2.21. The van der Waals surface area contributed by atoms with Crippen LogP contribution >= 0.6 is 11.6 Å². The van der Waals surface area contributed by atoms with Gasteiger partial charge < -0.3 is 14.8 Å². The van der Waals surface area contributed by atoms with Crippen molar-refractivity contribution >= 4 is 29.2 Å². The number of aryl methyl sites for hydroxylation is 2. The van der Waals surface area contributed by atoms with Crippen LogP contribution in [-0.2, 0) is 14.3 Å². The molecule has 0 aliphatic heterocycles. The van der Waals surface area contributed by atoms with Gasteiger partial charge in [-0.1, -0.05) is 35.9 Å². The highest BCUT2D eigenvalue weighted by Crippen LogP contribution is 2.20. The Labute approximate surface area is 151 Å². The molecule has 0 spiro atoms. The molecule has 132 valence electrons. The average molecular weight is 362 g/mol. The first-order chi connectivity index (χ1) is 12.0. The first-order valence-corrected chi connectivity index (χ1v) is 8.23. The second kappa shape index (κ2) is 9.08. The van der Waals surface area contributed by atoms with Crippen LogP contribution in [0.2, 0.25) is 5.02 Å². The smallest absolute Gasteiger partial charge is 0.309 e. The molecule has 0 fully saturated rings. The Bertz CT molecular complexity index is 761. The lowest BCUT2D eigenvalue weighted by Gasteiger charge is -2.10. The van der Waals surface area contributed by atoms with Crippen LogP contribution in [0.4, 0.5) is 5.69 Å². The lowest BCUT2D eigenvalue weighted by molar-refractivity contribution is -0.147. The van der Waals surface area contributed by atoms with E-state index in [9.17, 15) is 9.59 Å². The monoisotopic (exact) mass is 361 g/mol. The predicted octanol–water partition coefficient (Wildman–Crippen LogP) is 3.91. The van der Waals surface area contributed by atoms with E-state index >= 15 is 0 Å². The summed E-state index contributed by atoms with van der Waals surface area (Å²) in [5.41, 5.74) is 2.56. The summed E-state index contributed by atoms with van der Waals surface area (Å²) >= 11 is 5.94. The quantitative estimate of drug-likeness (QED) is 0.759. The molecule has 0 heterocycles. The van der Waals surface area contributed by atoms with E-state index in [4.69, 9.17) is 21.1 Å². The van der Waals surface area contributed by atoms with E-state index in [0.717, 1.165) is 16.9 Å². The maximum atomic E-state index is 11.8. The number of benzene rings is 2. The molecule has 0 atom stereocenters. The number of ether oxygens (including phenoxy) is 2. The number of nitrogens with one attached hydrogen (secondary N) is 1. The van der Waals surface area contributed by atoms with Crippen LogP contribution in [0.5, 0.6) is 5.75 Å². The summed E-state index contributed by atoms with van der Waals surface area (Å²) in [6.45, 7) is 3.73. The van der Waals surface area contributed by atoms with Gasteiger partial charge in [-0.05, 0) is 43.2 Å². The molecule has 0 unspecified atom stereocenters. The summed E-state index contributed by atoms with van der Waals surface area (Å²) in [7, 11) is 0. The summed E-state index contributed by atoms with van der Waals surface area (Å²) in [5.74, 6) is -0.208. The molecule has 2 aromatic carbocycles. The second-order valence-corrected chi connectivity index (χ2v) is 5.96. The number of anilines is 1. The third kappa shape index (κ3) is 6.12. The van der Waals surface area contributed by atoms with Gasteiger partial charge in [0.05, 0.1) is 23.7 Å². The molecule has 0 aliphatic carbocycles. The van der Waals surface area contributed by atoms with Crippen LogP contribution < -0.4 is 10.1 Å². The van der Waals surface area contributed by atoms with Crippen molar-refractivity contribution in [2.75, 3.05) is 18.5 Å². The van der Waals surface area contributed by atoms with Crippen LogP contribution in [-0.4, -0.2) is 25.1 Å². The molecule has 0 bridgehead atoms. The zero-order chi connectivity index (χ0) is 18.2. The number of rotatable bonds is 7. The van der Waals surface area contributed by atoms with E-state index < -0.39 is 11.9 Å². The van der Waals surface area contributed by atoms with Crippen molar-refractivity contribution in [2.24, 2.45) is 0 Å². The summed E-state index contributed by atoms with van der Waals surface area (Å²) in [5, 5.41) is 3.00. The fourth-order valence-corrected chi connectivity index (χ4v) is 2.26. The Morgan fingerprint density at radius 3 is 2.64 bits per heavy atom. The Kier molecular flexibility index (Phi) is 6.83. The van der Waals surface area contributed by atoms with E-state index in [-0.39, 0.29) is 19.6 Å². The Hall–Kier alpha value is -2.53. The van der Waals surface area contributed by atoms with Crippen molar-refractivity contribution in [3.8, 4) is 5.75 Å². The van der Waals surface area contributed by atoms with Crippen molar-refractivity contribution in [3.63, 3.8) is 0 Å². The summed E-state index contributed by atoms with van der Waals surface area (Å²) in [4.78, 5) is 23.5. The molecule has 5 nitrogen and oxygen atoms in total. The fraction of sp³-hybridized carbons (Fsp3) is 0.263. The molecule has 0 saturated carbocycles. The number of halogens is 1. The summed E-state index contributed by atoms with van der Waals surface area (Å²) < 4.78 is 10.5. The van der Waals surface area contributed by atoms with E-state index in [0.29, 0.717) is 10.7 Å². The van der Waals surface area contributed by atoms with E-state index in [1.807, 2.05) is 32.0 Å². The highest BCUT2D eigenvalue weighted by Gasteiger charge is 2.10. The molecule has 0 radical (unpaired) electrons. The maximum absolute atomic E-state index is 11.8. The second-order valence-electron chi connectivity index (χ2n) is 5.56. The van der Waals surface area contributed by atoms with Gasteiger partial charge in [0.15, 0.2) is 6.61 Å². The largest absolute Gasteiger partial charge is 0.493 e. The first-order valence-electron chi connectivity index (χ1n) is 7.86. The predicted molar refractivity (Wildman–Crippen MR) is 97.1 cm³/mol. The standard InChI is InChI=1S/C19H20ClNO4/c1-13-7-8-14(2)17(11-13)24-10-9-19(23)25-12-18(22)21-16-6-4-3-5-15(16)20/h3-8,11H,9-10,12H2,1-2H3,(H,21,22). The number of hydrogen-bond donors (Lipinski definition) is 1. The van der Waals surface area contributed by atoms with E-state index in [1.54, 1.807) is 24.3 Å². The molecule has 0 saturated heterocycles. The zero-order valence-corrected chi connectivity index (χ0v) is 14.9. The van der Waals surface area contributed by atoms with Gasteiger partial charge in [0.25, 0.3) is 5.91 Å². The van der Waals surface area contributed by atoms with Crippen LogP contribution in [0.3, 0.4) is 0 Å². The first kappa shape index (κ1) is 18.8. The van der Waals surface area contributed by atoms with Crippen LogP contribution in [0.1, 0.15) is 17.5 Å². The normalized spacial score (nSPS) is 10.2. The van der Waals surface area contributed by atoms with Gasteiger partial charge in [-0.25, -0.2) is 0 Å². The SMILES string of the molecule is Cc1ccc(C)c(OCCC(=O)OCC(=O)Nc2ccccc2Cl)c1. The molecule has 1 amide bonds. The van der Waals surface area contributed by atoms with Gasteiger partial charge in [0, 0.05) is 0 Å². The molecule has 25 heavy (non-hydrogen) atoms. The van der Waals surface area contributed by atoms with Gasteiger partial charge in [-0.3, -0.25) is 9.59 Å². The minimum atomic E-state index is -0.500. The Morgan fingerprint density at radius 1 is 1.12 bits per heavy atom. The van der Waals surface area contributed by atoms with E-state index in [2.05, 4.69) is 5.32 Å². The fourth-order valence-electron chi connectivity index (χ4n) is 2.07. The third-order valence-electron chi connectivity index (χ3n) is 3.42. The van der Waals surface area contributed by atoms with Crippen LogP contribution in [0.25, 0.3) is 0 Å². The van der Waals surface area contributed by atoms with Crippen molar-refractivity contribution in [1.82, 2.24) is 0 Å². The number of amides is 1. The summed E-state index contributed by atoms with van der Waals surface area (Å²) in [6, 6.07) is 12.7. The molecule has 1 N–H and O–H groups in total. The Morgan fingerprint density at radius 2 is 1.88 bits per heavy atom.